The number of benzene rings is 1. The number of carboxylic acids is 1. The fourth-order valence-electron chi connectivity index (χ4n) is 2.42. The number of amides is 1. The van der Waals surface area contributed by atoms with E-state index in [0.29, 0.717) is 0 Å². The summed E-state index contributed by atoms with van der Waals surface area (Å²) in [4.78, 5) is 23.8. The van der Waals surface area contributed by atoms with E-state index < -0.39 is 33.0 Å². The van der Waals surface area contributed by atoms with Crippen LogP contribution in [0, 0.1) is 0 Å². The summed E-state index contributed by atoms with van der Waals surface area (Å²) in [5.74, 6) is -1.76. The van der Waals surface area contributed by atoms with E-state index in [2.05, 4.69) is 10.0 Å². The van der Waals surface area contributed by atoms with Gasteiger partial charge < -0.3 is 15.2 Å². The first kappa shape index (κ1) is 19.4. The molecule has 1 aromatic rings. The molecule has 0 spiro atoms. The van der Waals surface area contributed by atoms with Crippen LogP contribution in [-0.2, 0) is 19.6 Å². The van der Waals surface area contributed by atoms with Gasteiger partial charge >= 0.3 is 5.97 Å². The minimum atomic E-state index is -3.70. The zero-order chi connectivity index (χ0) is 18.9. The molecular formula is C16H22N2O6S. The molecule has 0 aromatic heterocycles. The molecule has 1 aliphatic heterocycles. The van der Waals surface area contributed by atoms with Gasteiger partial charge in [0.15, 0.2) is 5.54 Å². The number of aliphatic carboxylic acids is 1. The van der Waals surface area contributed by atoms with Crippen molar-refractivity contribution in [2.45, 2.75) is 43.2 Å². The maximum Gasteiger partial charge on any atom is 0.331 e. The minimum absolute atomic E-state index is 0.0242. The number of hydrogen-bond donors (Lipinski definition) is 3. The number of nitrogens with one attached hydrogen (secondary N) is 2. The minimum Gasteiger partial charge on any atom is -0.479 e. The predicted octanol–water partition coefficient (Wildman–Crippen LogP) is 0.737. The molecule has 1 aromatic carbocycles. The van der Waals surface area contributed by atoms with Crippen molar-refractivity contribution in [3.63, 3.8) is 0 Å². The third-order valence-electron chi connectivity index (χ3n) is 3.65. The van der Waals surface area contributed by atoms with Crippen LogP contribution in [-0.4, -0.2) is 49.7 Å². The molecular weight excluding hydrogens is 348 g/mol. The molecule has 0 saturated carbocycles. The summed E-state index contributed by atoms with van der Waals surface area (Å²) < 4.78 is 32.1. The van der Waals surface area contributed by atoms with E-state index in [0.717, 1.165) is 0 Å². The van der Waals surface area contributed by atoms with Gasteiger partial charge in [0, 0.05) is 24.1 Å². The lowest BCUT2D eigenvalue weighted by molar-refractivity contribution is -0.144. The van der Waals surface area contributed by atoms with Crippen molar-refractivity contribution < 1.29 is 27.9 Å². The molecule has 1 unspecified atom stereocenters. The van der Waals surface area contributed by atoms with Crippen LogP contribution in [0.15, 0.2) is 29.2 Å². The zero-order valence-corrected chi connectivity index (χ0v) is 15.1. The highest BCUT2D eigenvalue weighted by atomic mass is 32.2. The molecule has 1 heterocycles. The Labute approximate surface area is 146 Å². The first-order chi connectivity index (χ1) is 11.5. The molecule has 0 radical (unpaired) electrons. The van der Waals surface area contributed by atoms with Gasteiger partial charge in [-0.1, -0.05) is 0 Å². The standard InChI is InChI=1S/C16H22N2O6S/c1-15(2,3)18-25(22,23)12-6-4-11(5-7-12)13(19)17-16(14(20)21)8-9-24-10-16/h4-7,18H,8-10H2,1-3H3,(H,17,19)(H,20,21). The smallest absolute Gasteiger partial charge is 0.331 e. The van der Waals surface area contributed by atoms with E-state index in [1.54, 1.807) is 20.8 Å². The SMILES string of the molecule is CC(C)(C)NS(=O)(=O)c1ccc(C(=O)NC2(C(=O)O)CCOC2)cc1. The molecule has 138 valence electrons. The van der Waals surface area contributed by atoms with Crippen molar-refractivity contribution in [2.24, 2.45) is 0 Å². The number of carbonyl (C=O) groups is 2. The molecule has 1 saturated heterocycles. The van der Waals surface area contributed by atoms with Gasteiger partial charge in [0.2, 0.25) is 10.0 Å². The lowest BCUT2D eigenvalue weighted by Crippen LogP contribution is -2.55. The first-order valence-corrected chi connectivity index (χ1v) is 9.21. The van der Waals surface area contributed by atoms with E-state index in [1.165, 1.54) is 24.3 Å². The van der Waals surface area contributed by atoms with Gasteiger partial charge in [0.25, 0.3) is 5.91 Å². The Morgan fingerprint density at radius 2 is 1.80 bits per heavy atom. The number of hydrogen-bond acceptors (Lipinski definition) is 5. The molecule has 1 aliphatic rings. The quantitative estimate of drug-likeness (QED) is 0.703. The number of carbonyl (C=O) groups excluding carboxylic acids is 1. The number of ether oxygens (including phenoxy) is 1. The molecule has 0 bridgehead atoms. The molecule has 2 rings (SSSR count). The van der Waals surface area contributed by atoms with Gasteiger partial charge in [-0.2, -0.15) is 0 Å². The Morgan fingerprint density at radius 1 is 1.20 bits per heavy atom. The Kier molecular flexibility index (Phi) is 5.22. The first-order valence-electron chi connectivity index (χ1n) is 7.73. The fraction of sp³-hybridized carbons (Fsp3) is 0.500. The van der Waals surface area contributed by atoms with Gasteiger partial charge in [0.05, 0.1) is 11.5 Å². The Bertz CT molecular complexity index is 759. The molecule has 1 atom stereocenters. The average molecular weight is 370 g/mol. The van der Waals surface area contributed by atoms with Crippen molar-refractivity contribution in [1.29, 1.82) is 0 Å². The van der Waals surface area contributed by atoms with Crippen LogP contribution in [0.2, 0.25) is 0 Å². The van der Waals surface area contributed by atoms with Crippen molar-refractivity contribution in [3.8, 4) is 0 Å². The lowest BCUT2D eigenvalue weighted by atomic mass is 9.98. The highest BCUT2D eigenvalue weighted by Crippen LogP contribution is 2.20. The second-order valence-electron chi connectivity index (χ2n) is 7.02. The average Bonchev–Trinajstić information content (AvgIpc) is 2.95. The summed E-state index contributed by atoms with van der Waals surface area (Å²) in [6, 6.07) is 5.30. The topological polar surface area (TPSA) is 122 Å². The molecule has 3 N–H and O–H groups in total. The third-order valence-corrected chi connectivity index (χ3v) is 5.43. The molecule has 9 heteroatoms. The van der Waals surface area contributed by atoms with Gasteiger partial charge in [-0.25, -0.2) is 17.9 Å². The van der Waals surface area contributed by atoms with Gasteiger partial charge in [-0.05, 0) is 45.0 Å². The van der Waals surface area contributed by atoms with E-state index in [-0.39, 0.29) is 30.1 Å². The van der Waals surface area contributed by atoms with E-state index >= 15 is 0 Å². The zero-order valence-electron chi connectivity index (χ0n) is 14.3. The van der Waals surface area contributed by atoms with Crippen LogP contribution >= 0.6 is 0 Å². The highest BCUT2D eigenvalue weighted by Gasteiger charge is 2.44. The summed E-state index contributed by atoms with van der Waals surface area (Å²) in [7, 11) is -3.70. The second-order valence-corrected chi connectivity index (χ2v) is 8.71. The normalized spacial score (nSPS) is 21.1. The predicted molar refractivity (Wildman–Crippen MR) is 89.8 cm³/mol. The summed E-state index contributed by atoms with van der Waals surface area (Å²) >= 11 is 0. The molecule has 0 aliphatic carbocycles. The van der Waals surface area contributed by atoms with Crippen LogP contribution in [0.1, 0.15) is 37.6 Å². The van der Waals surface area contributed by atoms with Crippen molar-refractivity contribution >= 4 is 21.9 Å². The second kappa shape index (κ2) is 6.74. The Balaban J connectivity index is 2.17. The Hall–Kier alpha value is -1.97. The number of rotatable bonds is 5. The third kappa shape index (κ3) is 4.56. The summed E-state index contributed by atoms with van der Waals surface area (Å²) in [6.07, 6.45) is 0.177. The maximum atomic E-state index is 12.3. The van der Waals surface area contributed by atoms with Gasteiger partial charge in [-0.15, -0.1) is 0 Å². The van der Waals surface area contributed by atoms with Gasteiger partial charge in [0.1, 0.15) is 0 Å². The van der Waals surface area contributed by atoms with Crippen LogP contribution in [0.3, 0.4) is 0 Å². The largest absolute Gasteiger partial charge is 0.479 e. The van der Waals surface area contributed by atoms with E-state index in [9.17, 15) is 23.1 Å². The molecule has 1 fully saturated rings. The summed E-state index contributed by atoms with van der Waals surface area (Å²) in [5, 5.41) is 11.8. The molecule has 8 nitrogen and oxygen atoms in total. The summed E-state index contributed by atoms with van der Waals surface area (Å²) in [6.45, 7) is 5.32. The van der Waals surface area contributed by atoms with Crippen molar-refractivity contribution in [1.82, 2.24) is 10.0 Å². The molecule has 1 amide bonds. The highest BCUT2D eigenvalue weighted by molar-refractivity contribution is 7.89. The maximum absolute atomic E-state index is 12.3. The lowest BCUT2D eigenvalue weighted by Gasteiger charge is -2.23. The van der Waals surface area contributed by atoms with Crippen LogP contribution < -0.4 is 10.0 Å². The van der Waals surface area contributed by atoms with E-state index in [4.69, 9.17) is 4.74 Å². The van der Waals surface area contributed by atoms with Crippen molar-refractivity contribution in [2.75, 3.05) is 13.2 Å². The van der Waals surface area contributed by atoms with Gasteiger partial charge in [-0.3, -0.25) is 4.79 Å². The van der Waals surface area contributed by atoms with Crippen LogP contribution in [0.25, 0.3) is 0 Å². The molecule has 25 heavy (non-hydrogen) atoms. The summed E-state index contributed by atoms with van der Waals surface area (Å²) in [5.41, 5.74) is -1.91. The Morgan fingerprint density at radius 3 is 2.24 bits per heavy atom. The number of carboxylic acid groups (broad SMARTS) is 1. The fourth-order valence-corrected chi connectivity index (χ4v) is 3.84. The monoisotopic (exact) mass is 370 g/mol. The number of sulfonamides is 1. The van der Waals surface area contributed by atoms with Crippen LogP contribution in [0.4, 0.5) is 0 Å². The van der Waals surface area contributed by atoms with E-state index in [1.807, 2.05) is 0 Å². The van der Waals surface area contributed by atoms with Crippen LogP contribution in [0.5, 0.6) is 0 Å². The van der Waals surface area contributed by atoms with Crippen molar-refractivity contribution in [3.05, 3.63) is 29.8 Å².